The molecule has 0 saturated carbocycles. The molecule has 0 fully saturated rings. The summed E-state index contributed by atoms with van der Waals surface area (Å²) >= 11 is 1.10. The minimum Gasteiger partial charge on any atom is -0.478 e. The lowest BCUT2D eigenvalue weighted by Gasteiger charge is -2.17. The fraction of sp³-hybridized carbons (Fsp3) is 0.400. The Balaban J connectivity index is 2.61. The molecule has 3 N–H and O–H groups in total. The van der Waals surface area contributed by atoms with E-state index in [9.17, 15) is 9.59 Å². The zero-order chi connectivity index (χ0) is 11.2. The van der Waals surface area contributed by atoms with Crippen molar-refractivity contribution in [1.29, 1.82) is 0 Å². The molecule has 0 radical (unpaired) electrons. The van der Waals surface area contributed by atoms with Crippen LogP contribution < -0.4 is 5.73 Å². The van der Waals surface area contributed by atoms with Gasteiger partial charge in [-0.3, -0.25) is 4.79 Å². The number of nitrogens with two attached hydrogens (primary N) is 1. The lowest BCUT2D eigenvalue weighted by atomic mass is 9.87. The van der Waals surface area contributed by atoms with Crippen LogP contribution in [0.15, 0.2) is 0 Å². The number of hydrogen-bond acceptors (Lipinski definition) is 4. The summed E-state index contributed by atoms with van der Waals surface area (Å²) in [5.74, 6) is -0.808. The fourth-order valence-corrected chi connectivity index (χ4v) is 3.01. The maximum atomic E-state index is 11.6. The van der Waals surface area contributed by atoms with E-state index in [0.29, 0.717) is 23.3 Å². The van der Waals surface area contributed by atoms with Gasteiger partial charge in [0.1, 0.15) is 5.00 Å². The van der Waals surface area contributed by atoms with E-state index in [1.807, 2.05) is 6.92 Å². The maximum absolute atomic E-state index is 11.6. The van der Waals surface area contributed by atoms with Crippen molar-refractivity contribution in [3.05, 3.63) is 16.0 Å². The largest absolute Gasteiger partial charge is 0.478 e. The molecule has 1 aliphatic rings. The molecule has 2 rings (SSSR count). The molecule has 1 aromatic heterocycles. The summed E-state index contributed by atoms with van der Waals surface area (Å²) < 4.78 is 0. The second kappa shape index (κ2) is 3.34. The van der Waals surface area contributed by atoms with E-state index in [4.69, 9.17) is 10.8 Å². The Labute approximate surface area is 90.7 Å². The number of carboxylic acid groups (broad SMARTS) is 1. The van der Waals surface area contributed by atoms with Gasteiger partial charge in [0.2, 0.25) is 0 Å². The molecule has 15 heavy (non-hydrogen) atoms. The van der Waals surface area contributed by atoms with Crippen LogP contribution in [0.3, 0.4) is 0 Å². The predicted octanol–water partition coefficient (Wildman–Crippen LogP) is 1.79. The lowest BCUT2D eigenvalue weighted by molar-refractivity contribution is 0.0697. The van der Waals surface area contributed by atoms with E-state index in [1.54, 1.807) is 0 Å². The van der Waals surface area contributed by atoms with E-state index >= 15 is 0 Å². The smallest absolute Gasteiger partial charge is 0.338 e. The molecule has 0 spiro atoms. The molecule has 0 aliphatic heterocycles. The first-order valence-electron chi connectivity index (χ1n) is 4.68. The van der Waals surface area contributed by atoms with Gasteiger partial charge in [-0.25, -0.2) is 4.79 Å². The number of hydrogen-bond donors (Lipinski definition) is 2. The Kier molecular flexibility index (Phi) is 2.26. The van der Waals surface area contributed by atoms with Crippen molar-refractivity contribution >= 4 is 28.1 Å². The number of carboxylic acids is 1. The van der Waals surface area contributed by atoms with E-state index in [1.165, 1.54) is 0 Å². The van der Waals surface area contributed by atoms with Gasteiger partial charge in [0.15, 0.2) is 5.78 Å². The van der Waals surface area contributed by atoms with Crippen LogP contribution in [-0.2, 0) is 6.42 Å². The summed E-state index contributed by atoms with van der Waals surface area (Å²) in [4.78, 5) is 23.2. The molecule has 0 amide bonds. The normalized spacial score (nSPS) is 20.1. The van der Waals surface area contributed by atoms with Crippen LogP contribution in [0.5, 0.6) is 0 Å². The number of Topliss-reactive ketones (excluding diaryl/α,β-unsaturated/α-hetero) is 1. The first kappa shape index (κ1) is 10.2. The summed E-state index contributed by atoms with van der Waals surface area (Å²) in [5.41, 5.74) is 6.38. The number of carbonyl (C=O) groups is 2. The number of thiophene rings is 1. The average Bonchev–Trinajstić information content (AvgIpc) is 2.41. The molecule has 1 aromatic rings. The molecule has 80 valence electrons. The highest BCUT2D eigenvalue weighted by atomic mass is 32.1. The summed E-state index contributed by atoms with van der Waals surface area (Å²) in [6, 6.07) is 0. The van der Waals surface area contributed by atoms with E-state index in [2.05, 4.69) is 0 Å². The lowest BCUT2D eigenvalue weighted by Crippen LogP contribution is -2.17. The summed E-state index contributed by atoms with van der Waals surface area (Å²) in [6.07, 6.45) is 1.13. The van der Waals surface area contributed by atoms with Crippen molar-refractivity contribution < 1.29 is 14.7 Å². The van der Waals surface area contributed by atoms with Crippen molar-refractivity contribution in [1.82, 2.24) is 0 Å². The third-order valence-electron chi connectivity index (χ3n) is 2.59. The number of fused-ring (bicyclic) bond motifs is 1. The van der Waals surface area contributed by atoms with Crippen molar-refractivity contribution in [3.8, 4) is 0 Å². The minimum absolute atomic E-state index is 0.0213. The topological polar surface area (TPSA) is 80.4 Å². The number of rotatable bonds is 1. The molecule has 0 bridgehead atoms. The van der Waals surface area contributed by atoms with E-state index in [0.717, 1.165) is 11.3 Å². The van der Waals surface area contributed by atoms with Gasteiger partial charge in [0.05, 0.1) is 10.4 Å². The zero-order valence-corrected chi connectivity index (χ0v) is 9.06. The predicted molar refractivity (Wildman–Crippen MR) is 57.5 cm³/mol. The second-order valence-corrected chi connectivity index (χ2v) is 4.94. The molecule has 1 atom stereocenters. The van der Waals surface area contributed by atoms with Crippen LogP contribution in [0.25, 0.3) is 0 Å². The van der Waals surface area contributed by atoms with Crippen LogP contribution >= 0.6 is 11.3 Å². The molecule has 0 saturated heterocycles. The average molecular weight is 225 g/mol. The van der Waals surface area contributed by atoms with Gasteiger partial charge in [-0.2, -0.15) is 0 Å². The minimum atomic E-state index is -1.04. The molecule has 0 aromatic carbocycles. The number of nitrogen functional groups attached to an aromatic ring is 1. The first-order chi connectivity index (χ1) is 7.00. The van der Waals surface area contributed by atoms with Crippen LogP contribution in [-0.4, -0.2) is 16.9 Å². The molecule has 1 aliphatic carbocycles. The third kappa shape index (κ3) is 1.52. The summed E-state index contributed by atoms with van der Waals surface area (Å²) in [5, 5.41) is 9.24. The second-order valence-electron chi connectivity index (χ2n) is 3.89. The molecular weight excluding hydrogens is 214 g/mol. The van der Waals surface area contributed by atoms with Gasteiger partial charge in [-0.15, -0.1) is 11.3 Å². The highest BCUT2D eigenvalue weighted by molar-refractivity contribution is 7.18. The van der Waals surface area contributed by atoms with Gasteiger partial charge in [-0.1, -0.05) is 6.92 Å². The Bertz CT molecular complexity index is 450. The highest BCUT2D eigenvalue weighted by Gasteiger charge is 2.30. The standard InChI is InChI=1S/C10H11NO3S/c1-4-2-5-7(10(13)14)9(11)15-8(5)6(12)3-4/h4H,2-3,11H2,1H3,(H,13,14). The van der Waals surface area contributed by atoms with Crippen LogP contribution in [0.4, 0.5) is 5.00 Å². The number of aromatic carboxylic acids is 1. The number of ketones is 1. The van der Waals surface area contributed by atoms with Crippen molar-refractivity contribution in [2.45, 2.75) is 19.8 Å². The van der Waals surface area contributed by atoms with Gasteiger partial charge in [0, 0.05) is 6.42 Å². The SMILES string of the molecule is CC1CC(=O)c2sc(N)c(C(=O)O)c2C1. The van der Waals surface area contributed by atoms with Crippen molar-refractivity contribution in [2.24, 2.45) is 5.92 Å². The van der Waals surface area contributed by atoms with Gasteiger partial charge < -0.3 is 10.8 Å². The Morgan fingerprint density at radius 2 is 2.20 bits per heavy atom. The Morgan fingerprint density at radius 1 is 1.53 bits per heavy atom. The summed E-state index contributed by atoms with van der Waals surface area (Å²) in [6.45, 7) is 1.94. The van der Waals surface area contributed by atoms with Gasteiger partial charge >= 0.3 is 5.97 Å². The fourth-order valence-electron chi connectivity index (χ4n) is 1.97. The monoisotopic (exact) mass is 225 g/mol. The Hall–Kier alpha value is -1.36. The highest BCUT2D eigenvalue weighted by Crippen LogP contribution is 2.37. The van der Waals surface area contributed by atoms with Crippen LogP contribution in [0, 0.1) is 5.92 Å². The van der Waals surface area contributed by atoms with Gasteiger partial charge in [-0.05, 0) is 17.9 Å². The first-order valence-corrected chi connectivity index (χ1v) is 5.50. The molecular formula is C10H11NO3S. The Morgan fingerprint density at radius 3 is 2.80 bits per heavy atom. The van der Waals surface area contributed by atoms with Crippen LogP contribution in [0.1, 0.15) is 38.9 Å². The van der Waals surface area contributed by atoms with E-state index in [-0.39, 0.29) is 22.3 Å². The number of carbonyl (C=O) groups excluding carboxylic acids is 1. The zero-order valence-electron chi connectivity index (χ0n) is 8.24. The summed E-state index contributed by atoms with van der Waals surface area (Å²) in [7, 11) is 0. The quantitative estimate of drug-likeness (QED) is 0.763. The van der Waals surface area contributed by atoms with Crippen molar-refractivity contribution in [3.63, 3.8) is 0 Å². The van der Waals surface area contributed by atoms with Crippen molar-refractivity contribution in [2.75, 3.05) is 5.73 Å². The maximum Gasteiger partial charge on any atom is 0.338 e. The van der Waals surface area contributed by atoms with Gasteiger partial charge in [0.25, 0.3) is 0 Å². The molecule has 1 heterocycles. The molecule has 1 unspecified atom stereocenters. The van der Waals surface area contributed by atoms with E-state index < -0.39 is 5.97 Å². The molecule has 5 heteroatoms. The molecule has 4 nitrogen and oxygen atoms in total. The van der Waals surface area contributed by atoms with Crippen LogP contribution in [0.2, 0.25) is 0 Å². The third-order valence-corrected chi connectivity index (χ3v) is 3.69. The number of anilines is 1.